The Labute approximate surface area is 104 Å². The van der Waals surface area contributed by atoms with E-state index in [1.165, 1.54) is 19.3 Å². The molecule has 0 fully saturated rings. The lowest BCUT2D eigenvalue weighted by molar-refractivity contribution is 0.293. The molecule has 0 unspecified atom stereocenters. The van der Waals surface area contributed by atoms with Gasteiger partial charge in [0.15, 0.2) is 0 Å². The minimum atomic E-state index is 0.671. The fourth-order valence-electron chi connectivity index (χ4n) is 1.59. The Hall–Kier alpha value is -1.32. The van der Waals surface area contributed by atoms with E-state index in [0.717, 1.165) is 31.2 Å². The lowest BCUT2D eigenvalue weighted by Crippen LogP contribution is -2.05. The topological polar surface area (TPSA) is 47.0 Å². The number of nitrogens with zero attached hydrogens (tertiary/aromatic N) is 2. The highest BCUT2D eigenvalue weighted by Crippen LogP contribution is 2.13. The minimum absolute atomic E-state index is 0.671. The molecule has 0 aromatic carbocycles. The second-order valence-electron chi connectivity index (χ2n) is 4.08. The van der Waals surface area contributed by atoms with Gasteiger partial charge in [-0.3, -0.25) is 0 Å². The molecule has 0 aliphatic heterocycles. The maximum absolute atomic E-state index is 5.63. The van der Waals surface area contributed by atoms with Gasteiger partial charge in [-0.25, -0.2) is 4.98 Å². The van der Waals surface area contributed by atoms with Crippen LogP contribution in [0.5, 0.6) is 5.88 Å². The maximum Gasteiger partial charge on any atom is 0.218 e. The lowest BCUT2D eigenvalue weighted by atomic mass is 10.2. The van der Waals surface area contributed by atoms with Crippen LogP contribution in [0.25, 0.3) is 0 Å². The molecule has 4 nitrogen and oxygen atoms in total. The summed E-state index contributed by atoms with van der Waals surface area (Å²) in [6.07, 6.45) is 4.83. The van der Waals surface area contributed by atoms with Gasteiger partial charge in [0.1, 0.15) is 11.6 Å². The van der Waals surface area contributed by atoms with Gasteiger partial charge in [-0.15, -0.1) is 0 Å². The van der Waals surface area contributed by atoms with E-state index in [1.807, 2.05) is 19.9 Å². The van der Waals surface area contributed by atoms with Crippen LogP contribution in [-0.2, 0) is 0 Å². The molecule has 0 aliphatic rings. The zero-order valence-electron chi connectivity index (χ0n) is 11.1. The van der Waals surface area contributed by atoms with E-state index in [4.69, 9.17) is 4.74 Å². The predicted molar refractivity (Wildman–Crippen MR) is 70.6 cm³/mol. The van der Waals surface area contributed by atoms with Gasteiger partial charge in [0.05, 0.1) is 6.61 Å². The van der Waals surface area contributed by atoms with Crippen molar-refractivity contribution in [2.45, 2.75) is 46.5 Å². The zero-order chi connectivity index (χ0) is 12.5. The highest BCUT2D eigenvalue weighted by atomic mass is 16.5. The summed E-state index contributed by atoms with van der Waals surface area (Å²) in [6.45, 7) is 7.72. The van der Waals surface area contributed by atoms with Crippen molar-refractivity contribution in [2.24, 2.45) is 0 Å². The molecule has 17 heavy (non-hydrogen) atoms. The number of nitrogens with one attached hydrogen (secondary N) is 1. The van der Waals surface area contributed by atoms with Crippen molar-refractivity contribution in [1.29, 1.82) is 0 Å². The minimum Gasteiger partial charge on any atom is -0.478 e. The van der Waals surface area contributed by atoms with Crippen molar-refractivity contribution in [3.8, 4) is 5.88 Å². The second-order valence-corrected chi connectivity index (χ2v) is 4.08. The van der Waals surface area contributed by atoms with Gasteiger partial charge in [0.25, 0.3) is 0 Å². The summed E-state index contributed by atoms with van der Waals surface area (Å²) in [5, 5.41) is 3.17. The van der Waals surface area contributed by atoms with E-state index >= 15 is 0 Å². The summed E-state index contributed by atoms with van der Waals surface area (Å²) in [7, 11) is 0. The first-order chi connectivity index (χ1) is 8.26. The van der Waals surface area contributed by atoms with Gasteiger partial charge in [-0.05, 0) is 20.3 Å². The molecule has 1 heterocycles. The summed E-state index contributed by atoms with van der Waals surface area (Å²) in [5.74, 6) is 2.25. The standard InChI is InChI=1S/C13H23N3O/c1-4-6-7-8-9-17-13-10-12(14-5-2)15-11(3)16-13/h10H,4-9H2,1-3H3,(H,14,15,16). The SMILES string of the molecule is CCCCCCOc1cc(NCC)nc(C)n1. The molecule has 0 spiro atoms. The normalized spacial score (nSPS) is 10.3. The molecule has 1 N–H and O–H groups in total. The smallest absolute Gasteiger partial charge is 0.218 e. The number of hydrogen-bond acceptors (Lipinski definition) is 4. The number of rotatable bonds is 8. The van der Waals surface area contributed by atoms with Crippen LogP contribution in [0.1, 0.15) is 45.4 Å². The van der Waals surface area contributed by atoms with Crippen molar-refractivity contribution in [3.05, 3.63) is 11.9 Å². The van der Waals surface area contributed by atoms with Crippen LogP contribution in [0, 0.1) is 6.92 Å². The third-order valence-corrected chi connectivity index (χ3v) is 2.42. The molecule has 96 valence electrons. The predicted octanol–water partition coefficient (Wildman–Crippen LogP) is 3.18. The van der Waals surface area contributed by atoms with Crippen LogP contribution in [0.15, 0.2) is 6.07 Å². The molecule has 0 amide bonds. The molecule has 0 aliphatic carbocycles. The van der Waals surface area contributed by atoms with E-state index in [9.17, 15) is 0 Å². The third kappa shape index (κ3) is 5.52. The summed E-state index contributed by atoms with van der Waals surface area (Å²) >= 11 is 0. The quantitative estimate of drug-likeness (QED) is 0.705. The molecule has 0 saturated heterocycles. The van der Waals surface area contributed by atoms with Crippen LogP contribution >= 0.6 is 0 Å². The molecule has 0 radical (unpaired) electrons. The van der Waals surface area contributed by atoms with E-state index in [0.29, 0.717) is 5.88 Å². The second kappa shape index (κ2) is 7.87. The number of unbranched alkanes of at least 4 members (excludes halogenated alkanes) is 3. The first-order valence-corrected chi connectivity index (χ1v) is 6.48. The molecule has 4 heteroatoms. The van der Waals surface area contributed by atoms with Crippen LogP contribution in [0.3, 0.4) is 0 Å². The van der Waals surface area contributed by atoms with E-state index in [-0.39, 0.29) is 0 Å². The average Bonchev–Trinajstić information content (AvgIpc) is 2.28. The third-order valence-electron chi connectivity index (χ3n) is 2.42. The van der Waals surface area contributed by atoms with Crippen molar-refractivity contribution in [2.75, 3.05) is 18.5 Å². The Bertz CT molecular complexity index is 328. The van der Waals surface area contributed by atoms with Crippen molar-refractivity contribution < 1.29 is 4.74 Å². The summed E-state index contributed by atoms with van der Waals surface area (Å²) < 4.78 is 5.63. The molecule has 0 atom stereocenters. The molecule has 1 aromatic heterocycles. The first-order valence-electron chi connectivity index (χ1n) is 6.48. The molecular formula is C13H23N3O. The molecule has 0 saturated carbocycles. The number of aromatic nitrogens is 2. The Morgan fingerprint density at radius 2 is 2.00 bits per heavy atom. The zero-order valence-corrected chi connectivity index (χ0v) is 11.1. The van der Waals surface area contributed by atoms with Gasteiger partial charge in [-0.1, -0.05) is 26.2 Å². The average molecular weight is 237 g/mol. The fraction of sp³-hybridized carbons (Fsp3) is 0.692. The van der Waals surface area contributed by atoms with Crippen LogP contribution in [-0.4, -0.2) is 23.1 Å². The highest BCUT2D eigenvalue weighted by molar-refractivity contribution is 5.38. The summed E-state index contributed by atoms with van der Waals surface area (Å²) in [5.41, 5.74) is 0. The Morgan fingerprint density at radius 1 is 1.18 bits per heavy atom. The lowest BCUT2D eigenvalue weighted by Gasteiger charge is -2.08. The number of hydrogen-bond donors (Lipinski definition) is 1. The highest BCUT2D eigenvalue weighted by Gasteiger charge is 2.01. The van der Waals surface area contributed by atoms with Gasteiger partial charge in [0, 0.05) is 12.6 Å². The summed E-state index contributed by atoms with van der Waals surface area (Å²) in [6, 6.07) is 1.86. The molecule has 0 bridgehead atoms. The van der Waals surface area contributed by atoms with E-state index in [2.05, 4.69) is 22.2 Å². The number of anilines is 1. The molecule has 1 aromatic rings. The Kier molecular flexibility index (Phi) is 6.37. The number of ether oxygens (including phenoxy) is 1. The van der Waals surface area contributed by atoms with Gasteiger partial charge in [-0.2, -0.15) is 4.98 Å². The van der Waals surface area contributed by atoms with E-state index in [1.54, 1.807) is 0 Å². The van der Waals surface area contributed by atoms with E-state index < -0.39 is 0 Å². The molecular weight excluding hydrogens is 214 g/mol. The Morgan fingerprint density at radius 3 is 2.71 bits per heavy atom. The van der Waals surface area contributed by atoms with Crippen molar-refractivity contribution >= 4 is 5.82 Å². The first kappa shape index (κ1) is 13.7. The van der Waals surface area contributed by atoms with Gasteiger partial charge >= 0.3 is 0 Å². The fourth-order valence-corrected chi connectivity index (χ4v) is 1.59. The van der Waals surface area contributed by atoms with Crippen molar-refractivity contribution in [3.63, 3.8) is 0 Å². The van der Waals surface area contributed by atoms with Crippen LogP contribution < -0.4 is 10.1 Å². The van der Waals surface area contributed by atoms with Crippen LogP contribution in [0.4, 0.5) is 5.82 Å². The monoisotopic (exact) mass is 237 g/mol. The summed E-state index contributed by atoms with van der Waals surface area (Å²) in [4.78, 5) is 8.54. The van der Waals surface area contributed by atoms with Gasteiger partial charge in [0.2, 0.25) is 5.88 Å². The number of aryl methyl sites for hydroxylation is 1. The van der Waals surface area contributed by atoms with Crippen LogP contribution in [0.2, 0.25) is 0 Å². The Balaban J connectivity index is 2.41. The van der Waals surface area contributed by atoms with Crippen molar-refractivity contribution in [1.82, 2.24) is 9.97 Å². The largest absolute Gasteiger partial charge is 0.478 e. The molecule has 1 rings (SSSR count). The maximum atomic E-state index is 5.63. The van der Waals surface area contributed by atoms with Gasteiger partial charge < -0.3 is 10.1 Å².